The summed E-state index contributed by atoms with van der Waals surface area (Å²) in [7, 11) is 0. The molecule has 0 saturated heterocycles. The fourth-order valence-electron chi connectivity index (χ4n) is 2.61. The first-order valence-electron chi connectivity index (χ1n) is 8.45. The first-order chi connectivity index (χ1) is 13.2. The number of furan rings is 1. The Bertz CT molecular complexity index is 1050. The first-order valence-corrected chi connectivity index (χ1v) is 10.3. The zero-order chi connectivity index (χ0) is 18.6. The molecule has 0 saturated carbocycles. The van der Waals surface area contributed by atoms with Gasteiger partial charge in [-0.2, -0.15) is 0 Å². The third kappa shape index (κ3) is 4.20. The number of ketones is 1. The van der Waals surface area contributed by atoms with E-state index < -0.39 is 0 Å². The normalized spacial score (nSPS) is 11.0. The molecule has 2 aromatic carbocycles. The summed E-state index contributed by atoms with van der Waals surface area (Å²) in [5.74, 6) is 1.08. The number of aromatic nitrogens is 2. The Morgan fingerprint density at radius 1 is 1.15 bits per heavy atom. The molecule has 0 fully saturated rings. The molecule has 0 aliphatic rings. The zero-order valence-corrected chi connectivity index (χ0v) is 16.3. The van der Waals surface area contributed by atoms with E-state index in [4.69, 9.17) is 4.42 Å². The SMILES string of the molecule is Cc1ccccc1CSc1nnc(NCC(=O)c2cc3ccccc3o2)s1. The van der Waals surface area contributed by atoms with Gasteiger partial charge in [0.25, 0.3) is 0 Å². The maximum Gasteiger partial charge on any atom is 0.217 e. The molecule has 0 amide bonds. The lowest BCUT2D eigenvalue weighted by molar-refractivity contribution is 0.0982. The van der Waals surface area contributed by atoms with Gasteiger partial charge in [0.15, 0.2) is 10.1 Å². The number of carbonyl (C=O) groups excluding carboxylic acids is 1. The highest BCUT2D eigenvalue weighted by Gasteiger charge is 2.13. The molecule has 1 N–H and O–H groups in total. The molecule has 2 aromatic heterocycles. The van der Waals surface area contributed by atoms with Gasteiger partial charge in [-0.05, 0) is 30.2 Å². The Kier molecular flexibility index (Phi) is 5.22. The molecule has 5 nitrogen and oxygen atoms in total. The lowest BCUT2D eigenvalue weighted by Crippen LogP contribution is -2.13. The second kappa shape index (κ2) is 7.94. The van der Waals surface area contributed by atoms with Crippen LogP contribution in [0.15, 0.2) is 63.4 Å². The minimum atomic E-state index is -0.115. The van der Waals surface area contributed by atoms with Crippen molar-refractivity contribution in [1.29, 1.82) is 0 Å². The maximum atomic E-state index is 12.3. The standard InChI is InChI=1S/C20H17N3O2S2/c1-13-6-2-3-8-15(13)12-26-20-23-22-19(27-20)21-11-16(24)18-10-14-7-4-5-9-17(14)25-18/h2-10H,11-12H2,1H3,(H,21,22). The van der Waals surface area contributed by atoms with E-state index in [2.05, 4.69) is 34.6 Å². The summed E-state index contributed by atoms with van der Waals surface area (Å²) in [6, 6.07) is 17.6. The predicted octanol–water partition coefficient (Wildman–Crippen LogP) is 5.18. The maximum absolute atomic E-state index is 12.3. The molecule has 4 rings (SSSR count). The van der Waals surface area contributed by atoms with Crippen molar-refractivity contribution in [3.8, 4) is 0 Å². The molecule has 0 unspecified atom stereocenters. The molecular formula is C20H17N3O2S2. The number of carbonyl (C=O) groups is 1. The molecule has 0 atom stereocenters. The monoisotopic (exact) mass is 395 g/mol. The number of nitrogens with zero attached hydrogens (tertiary/aromatic N) is 2. The number of benzene rings is 2. The van der Waals surface area contributed by atoms with Gasteiger partial charge in [0.05, 0.1) is 6.54 Å². The quantitative estimate of drug-likeness (QED) is 0.343. The molecule has 0 aliphatic heterocycles. The van der Waals surface area contributed by atoms with Gasteiger partial charge in [0.2, 0.25) is 10.9 Å². The van der Waals surface area contributed by atoms with Crippen LogP contribution in [0.3, 0.4) is 0 Å². The van der Waals surface area contributed by atoms with Gasteiger partial charge >= 0.3 is 0 Å². The molecule has 0 radical (unpaired) electrons. The number of hydrogen-bond donors (Lipinski definition) is 1. The third-order valence-electron chi connectivity index (χ3n) is 4.12. The summed E-state index contributed by atoms with van der Waals surface area (Å²) in [6.45, 7) is 2.23. The number of rotatable bonds is 7. The van der Waals surface area contributed by atoms with Crippen LogP contribution < -0.4 is 5.32 Å². The lowest BCUT2D eigenvalue weighted by atomic mass is 10.1. The van der Waals surface area contributed by atoms with E-state index in [1.165, 1.54) is 22.5 Å². The number of anilines is 1. The molecule has 4 aromatic rings. The summed E-state index contributed by atoms with van der Waals surface area (Å²) in [4.78, 5) is 12.3. The van der Waals surface area contributed by atoms with Crippen LogP contribution in [0.2, 0.25) is 0 Å². The van der Waals surface area contributed by atoms with Crippen molar-refractivity contribution in [2.24, 2.45) is 0 Å². The van der Waals surface area contributed by atoms with Gasteiger partial charge in [-0.15, -0.1) is 10.2 Å². The molecule has 136 valence electrons. The average Bonchev–Trinajstić information content (AvgIpc) is 3.32. The Labute approximate surface area is 164 Å². The van der Waals surface area contributed by atoms with Crippen LogP contribution in [-0.2, 0) is 5.75 Å². The fraction of sp³-hybridized carbons (Fsp3) is 0.150. The first kappa shape index (κ1) is 17.8. The number of aryl methyl sites for hydroxylation is 1. The number of hydrogen-bond acceptors (Lipinski definition) is 7. The van der Waals surface area contributed by atoms with Crippen LogP contribution in [0.5, 0.6) is 0 Å². The summed E-state index contributed by atoms with van der Waals surface area (Å²) in [6.07, 6.45) is 0. The van der Waals surface area contributed by atoms with Gasteiger partial charge in [0.1, 0.15) is 5.58 Å². The number of fused-ring (bicyclic) bond motifs is 1. The van der Waals surface area contributed by atoms with Crippen LogP contribution in [-0.4, -0.2) is 22.5 Å². The molecule has 0 spiro atoms. The average molecular weight is 396 g/mol. The molecule has 0 bridgehead atoms. The summed E-state index contributed by atoms with van der Waals surface area (Å²) in [5, 5.41) is 12.9. The number of para-hydroxylation sites is 1. The second-order valence-electron chi connectivity index (χ2n) is 6.01. The van der Waals surface area contributed by atoms with Gasteiger partial charge < -0.3 is 9.73 Å². The van der Waals surface area contributed by atoms with Gasteiger partial charge in [0, 0.05) is 11.1 Å². The topological polar surface area (TPSA) is 68.0 Å². The molecule has 0 aliphatic carbocycles. The predicted molar refractivity (Wildman–Crippen MR) is 110 cm³/mol. The Hall–Kier alpha value is -2.64. The molecular weight excluding hydrogens is 378 g/mol. The van der Waals surface area contributed by atoms with Gasteiger partial charge in [-0.3, -0.25) is 4.79 Å². The largest absolute Gasteiger partial charge is 0.453 e. The van der Waals surface area contributed by atoms with Gasteiger partial charge in [-0.25, -0.2) is 0 Å². The van der Waals surface area contributed by atoms with Crippen LogP contribution in [0.1, 0.15) is 21.7 Å². The van der Waals surface area contributed by atoms with Crippen LogP contribution >= 0.6 is 23.1 Å². The Morgan fingerprint density at radius 2 is 1.96 bits per heavy atom. The van der Waals surface area contributed by atoms with Gasteiger partial charge in [-0.1, -0.05) is 65.6 Å². The van der Waals surface area contributed by atoms with E-state index in [9.17, 15) is 4.79 Å². The zero-order valence-electron chi connectivity index (χ0n) is 14.6. The second-order valence-corrected chi connectivity index (χ2v) is 8.21. The molecule has 27 heavy (non-hydrogen) atoms. The fourth-order valence-corrected chi connectivity index (χ4v) is 4.44. The van der Waals surface area contributed by atoms with E-state index in [-0.39, 0.29) is 12.3 Å². The van der Waals surface area contributed by atoms with Crippen molar-refractivity contribution in [2.45, 2.75) is 17.0 Å². The Balaban J connectivity index is 1.34. The highest BCUT2D eigenvalue weighted by atomic mass is 32.2. The summed E-state index contributed by atoms with van der Waals surface area (Å²) >= 11 is 3.09. The Morgan fingerprint density at radius 3 is 2.81 bits per heavy atom. The van der Waals surface area contributed by atoms with E-state index in [0.717, 1.165) is 15.5 Å². The van der Waals surface area contributed by atoms with Crippen molar-refractivity contribution in [1.82, 2.24) is 10.2 Å². The molecule has 2 heterocycles. The van der Waals surface area contributed by atoms with Crippen LogP contribution in [0.25, 0.3) is 11.0 Å². The highest BCUT2D eigenvalue weighted by molar-refractivity contribution is 8.00. The van der Waals surface area contributed by atoms with E-state index in [0.29, 0.717) is 16.5 Å². The third-order valence-corrected chi connectivity index (χ3v) is 6.18. The van der Waals surface area contributed by atoms with Crippen molar-refractivity contribution in [3.05, 3.63) is 71.5 Å². The number of nitrogens with one attached hydrogen (secondary N) is 1. The van der Waals surface area contributed by atoms with E-state index in [1.807, 2.05) is 36.4 Å². The number of Topliss-reactive ketones (excluding diaryl/α,β-unsaturated/α-hetero) is 1. The molecule has 7 heteroatoms. The van der Waals surface area contributed by atoms with E-state index >= 15 is 0 Å². The lowest BCUT2D eigenvalue weighted by Gasteiger charge is -2.02. The minimum Gasteiger partial charge on any atom is -0.453 e. The number of thioether (sulfide) groups is 1. The van der Waals surface area contributed by atoms with E-state index in [1.54, 1.807) is 17.8 Å². The minimum absolute atomic E-state index is 0.115. The highest BCUT2D eigenvalue weighted by Crippen LogP contribution is 2.29. The summed E-state index contributed by atoms with van der Waals surface area (Å²) in [5.41, 5.74) is 3.27. The smallest absolute Gasteiger partial charge is 0.217 e. The van der Waals surface area contributed by atoms with Crippen molar-refractivity contribution in [2.75, 3.05) is 11.9 Å². The van der Waals surface area contributed by atoms with Crippen LogP contribution in [0.4, 0.5) is 5.13 Å². The van der Waals surface area contributed by atoms with Crippen LogP contribution in [0, 0.1) is 6.92 Å². The van der Waals surface area contributed by atoms with Crippen molar-refractivity contribution >= 4 is 45.0 Å². The van der Waals surface area contributed by atoms with Crippen molar-refractivity contribution in [3.63, 3.8) is 0 Å². The summed E-state index contributed by atoms with van der Waals surface area (Å²) < 4.78 is 6.47. The van der Waals surface area contributed by atoms with Crippen molar-refractivity contribution < 1.29 is 9.21 Å².